The second-order valence-electron chi connectivity index (χ2n) is 4.29. The number of nitrogens with two attached hydrogens (primary N) is 1. The van der Waals surface area contributed by atoms with Gasteiger partial charge in [0, 0.05) is 28.2 Å². The molecule has 0 amide bonds. The predicted octanol–water partition coefficient (Wildman–Crippen LogP) is 1.72. The van der Waals surface area contributed by atoms with Gasteiger partial charge in [-0.2, -0.15) is 0 Å². The number of carbonyl (C=O) groups is 1. The molecule has 0 fully saturated rings. The van der Waals surface area contributed by atoms with E-state index < -0.39 is 22.3 Å². The van der Waals surface area contributed by atoms with Gasteiger partial charge in [-0.1, -0.05) is 34.6 Å². The Labute approximate surface area is 96.3 Å². The zero-order chi connectivity index (χ0) is 12.6. The molecule has 0 heterocycles. The fraction of sp³-hybridized carbons (Fsp3) is 0.909. The van der Waals surface area contributed by atoms with Crippen molar-refractivity contribution in [2.45, 2.75) is 47.1 Å². The molecule has 0 saturated heterocycles. The first-order valence-corrected chi connectivity index (χ1v) is 7.08. The van der Waals surface area contributed by atoms with Crippen LogP contribution in [0.3, 0.4) is 0 Å². The minimum atomic E-state index is -0.862. The van der Waals surface area contributed by atoms with Crippen LogP contribution >= 0.6 is 0 Å². The molecule has 15 heavy (non-hydrogen) atoms. The molecule has 2 atom stereocenters. The average Bonchev–Trinajstić information content (AvgIpc) is 2.14. The molecule has 2 N–H and O–H groups in total. The number of hydrogen-bond donors (Lipinski definition) is 1. The van der Waals surface area contributed by atoms with Crippen LogP contribution in [0, 0.1) is 5.41 Å². The summed E-state index contributed by atoms with van der Waals surface area (Å²) in [4.78, 5) is 11.6. The topological polar surface area (TPSA) is 60.2 Å². The van der Waals surface area contributed by atoms with Gasteiger partial charge in [-0.05, 0) is 6.42 Å². The summed E-state index contributed by atoms with van der Waals surface area (Å²) in [5, 5.41) is 0. The van der Waals surface area contributed by atoms with Crippen LogP contribution in [0.25, 0.3) is 0 Å². The lowest BCUT2D eigenvalue weighted by molar-refractivity contribution is -0.127. The predicted molar refractivity (Wildman–Crippen MR) is 67.3 cm³/mol. The maximum Gasteiger partial charge on any atom is 0.154 e. The molecule has 0 aromatic carbocycles. The smallest absolute Gasteiger partial charge is 0.154 e. The van der Waals surface area contributed by atoms with E-state index in [-0.39, 0.29) is 5.78 Å². The maximum atomic E-state index is 11.6. The lowest BCUT2D eigenvalue weighted by Gasteiger charge is -2.21. The van der Waals surface area contributed by atoms with Crippen LogP contribution in [0.5, 0.6) is 0 Å². The molecule has 92 valence electrons. The summed E-state index contributed by atoms with van der Waals surface area (Å²) in [6.07, 6.45) is 2.13. The van der Waals surface area contributed by atoms with Crippen LogP contribution in [0.2, 0.25) is 0 Å². The van der Waals surface area contributed by atoms with Gasteiger partial charge in [0.2, 0.25) is 0 Å². The first-order valence-electron chi connectivity index (χ1n) is 5.35. The molecule has 0 rings (SSSR count). The Hall–Kier alpha value is -0.220. The van der Waals surface area contributed by atoms with Crippen LogP contribution in [0.1, 0.15) is 41.0 Å². The highest BCUT2D eigenvalue weighted by molar-refractivity contribution is 7.84. The standard InChI is InChI=1S/C9H19NO2S.C2H6/c1-9(2,3)8(11)7(10)5-6-13(4)12;1-2/h7H,5-6,10H2,1-4H3;1-2H3. The van der Waals surface area contributed by atoms with Gasteiger partial charge in [-0.25, -0.2) is 0 Å². The van der Waals surface area contributed by atoms with E-state index in [9.17, 15) is 9.00 Å². The molecular weight excluding hydrogens is 210 g/mol. The van der Waals surface area contributed by atoms with E-state index in [0.29, 0.717) is 12.2 Å². The third-order valence-corrected chi connectivity index (χ3v) is 2.60. The molecule has 0 saturated carbocycles. The minimum Gasteiger partial charge on any atom is -0.321 e. The highest BCUT2D eigenvalue weighted by atomic mass is 32.2. The van der Waals surface area contributed by atoms with Crippen molar-refractivity contribution < 1.29 is 9.00 Å². The molecule has 0 aromatic heterocycles. The van der Waals surface area contributed by atoms with Crippen LogP contribution in [0.4, 0.5) is 0 Å². The van der Waals surface area contributed by atoms with Crippen LogP contribution in [0.15, 0.2) is 0 Å². The van der Waals surface area contributed by atoms with Gasteiger partial charge in [-0.15, -0.1) is 0 Å². The minimum absolute atomic E-state index is 0.0398. The van der Waals surface area contributed by atoms with Crippen molar-refractivity contribution in [3.05, 3.63) is 0 Å². The van der Waals surface area contributed by atoms with E-state index in [2.05, 4.69) is 0 Å². The van der Waals surface area contributed by atoms with Gasteiger partial charge >= 0.3 is 0 Å². The highest BCUT2D eigenvalue weighted by Crippen LogP contribution is 2.17. The molecule has 3 nitrogen and oxygen atoms in total. The van der Waals surface area contributed by atoms with E-state index in [1.165, 1.54) is 0 Å². The molecule has 0 aromatic rings. The maximum absolute atomic E-state index is 11.6. The van der Waals surface area contributed by atoms with Gasteiger partial charge in [0.1, 0.15) is 0 Å². The van der Waals surface area contributed by atoms with Crippen molar-refractivity contribution in [2.24, 2.45) is 11.1 Å². The van der Waals surface area contributed by atoms with Crippen molar-refractivity contribution in [1.82, 2.24) is 0 Å². The number of rotatable bonds is 4. The fourth-order valence-electron chi connectivity index (χ4n) is 0.980. The first-order chi connectivity index (χ1) is 6.75. The summed E-state index contributed by atoms with van der Waals surface area (Å²) in [5.41, 5.74) is 5.27. The lowest BCUT2D eigenvalue weighted by Crippen LogP contribution is -2.39. The van der Waals surface area contributed by atoms with Crippen molar-refractivity contribution in [3.63, 3.8) is 0 Å². The van der Waals surface area contributed by atoms with Crippen molar-refractivity contribution in [1.29, 1.82) is 0 Å². The summed E-state index contributed by atoms with van der Waals surface area (Å²) in [6, 6.07) is -0.469. The summed E-state index contributed by atoms with van der Waals surface area (Å²) in [7, 11) is -0.862. The molecule has 4 heteroatoms. The first kappa shape index (κ1) is 17.2. The lowest BCUT2D eigenvalue weighted by atomic mass is 9.86. The Balaban J connectivity index is 0. The van der Waals surface area contributed by atoms with Gasteiger partial charge in [0.15, 0.2) is 5.78 Å². The molecular formula is C11H25NO2S. The second-order valence-corrected chi connectivity index (χ2v) is 5.84. The van der Waals surface area contributed by atoms with E-state index in [1.807, 2.05) is 34.6 Å². The largest absolute Gasteiger partial charge is 0.321 e. The van der Waals surface area contributed by atoms with E-state index >= 15 is 0 Å². The summed E-state index contributed by atoms with van der Waals surface area (Å²) >= 11 is 0. The summed E-state index contributed by atoms with van der Waals surface area (Å²) in [5.74, 6) is 0.543. The molecule has 0 radical (unpaired) electrons. The fourth-order valence-corrected chi connectivity index (χ4v) is 1.57. The Kier molecular flexibility index (Phi) is 9.16. The normalized spacial score (nSPS) is 14.9. The number of Topliss-reactive ketones (excluding diaryl/α,β-unsaturated/α-hetero) is 1. The van der Waals surface area contributed by atoms with Crippen LogP contribution in [-0.2, 0) is 15.6 Å². The molecule has 0 aliphatic rings. The Bertz CT molecular complexity index is 209. The van der Waals surface area contributed by atoms with Crippen LogP contribution < -0.4 is 5.73 Å². The number of carbonyl (C=O) groups excluding carboxylic acids is 1. The number of ketones is 1. The molecule has 0 bridgehead atoms. The van der Waals surface area contributed by atoms with Crippen molar-refractivity contribution >= 4 is 16.6 Å². The van der Waals surface area contributed by atoms with Crippen molar-refractivity contribution in [2.75, 3.05) is 12.0 Å². The van der Waals surface area contributed by atoms with Crippen LogP contribution in [-0.4, -0.2) is 28.0 Å². The zero-order valence-corrected chi connectivity index (χ0v) is 11.6. The quantitative estimate of drug-likeness (QED) is 0.807. The third kappa shape index (κ3) is 8.75. The van der Waals surface area contributed by atoms with Gasteiger partial charge in [0.05, 0.1) is 6.04 Å². The van der Waals surface area contributed by atoms with E-state index in [4.69, 9.17) is 5.73 Å². The highest BCUT2D eigenvalue weighted by Gasteiger charge is 2.26. The summed E-state index contributed by atoms with van der Waals surface area (Å²) < 4.78 is 10.8. The SMILES string of the molecule is CC.CS(=O)CCC(N)C(=O)C(C)(C)C. The van der Waals surface area contributed by atoms with Crippen molar-refractivity contribution in [3.8, 4) is 0 Å². The second kappa shape index (κ2) is 7.99. The summed E-state index contributed by atoms with van der Waals surface area (Å²) in [6.45, 7) is 9.54. The molecule has 0 spiro atoms. The van der Waals surface area contributed by atoms with E-state index in [0.717, 1.165) is 0 Å². The number of hydrogen-bond acceptors (Lipinski definition) is 3. The Morgan fingerprint density at radius 2 is 1.73 bits per heavy atom. The van der Waals surface area contributed by atoms with E-state index in [1.54, 1.807) is 6.26 Å². The molecule has 2 unspecified atom stereocenters. The monoisotopic (exact) mass is 235 g/mol. The molecule has 0 aliphatic heterocycles. The van der Waals surface area contributed by atoms with Gasteiger partial charge in [0.25, 0.3) is 0 Å². The zero-order valence-electron chi connectivity index (χ0n) is 10.8. The average molecular weight is 235 g/mol. The Morgan fingerprint density at radius 1 is 1.33 bits per heavy atom. The Morgan fingerprint density at radius 3 is 2.00 bits per heavy atom. The molecule has 0 aliphatic carbocycles. The van der Waals surface area contributed by atoms with Gasteiger partial charge < -0.3 is 5.73 Å². The third-order valence-electron chi connectivity index (χ3n) is 1.79. The van der Waals surface area contributed by atoms with Gasteiger partial charge in [-0.3, -0.25) is 9.00 Å².